The molecule has 0 aromatic heterocycles. The van der Waals surface area contributed by atoms with Crippen molar-refractivity contribution in [3.05, 3.63) is 16.6 Å². The molecule has 0 atom stereocenters. The van der Waals surface area contributed by atoms with Crippen molar-refractivity contribution in [2.45, 2.75) is 19.4 Å². The number of nitrogens with zero attached hydrogens (tertiary/aromatic N) is 2. The molecule has 105 valence electrons. The van der Waals surface area contributed by atoms with Crippen molar-refractivity contribution in [2.75, 3.05) is 23.7 Å². The average molecular weight is 337 g/mol. The van der Waals surface area contributed by atoms with Gasteiger partial charge in [0.25, 0.3) is 5.91 Å². The Balaban J connectivity index is 1.93. The van der Waals surface area contributed by atoms with Gasteiger partial charge in [0, 0.05) is 6.54 Å². The Morgan fingerprint density at radius 1 is 1.40 bits per heavy atom. The van der Waals surface area contributed by atoms with Crippen LogP contribution in [0.2, 0.25) is 0 Å². The normalized spacial score (nSPS) is 19.4. The molecular formula is C13H15BrN5O. The number of halogens is 1. The zero-order valence-corrected chi connectivity index (χ0v) is 12.8. The molecule has 2 aliphatic rings. The van der Waals surface area contributed by atoms with Gasteiger partial charge in [0.05, 0.1) is 22.4 Å². The molecule has 0 bridgehead atoms. The second kappa shape index (κ2) is 4.66. The molecule has 20 heavy (non-hydrogen) atoms. The van der Waals surface area contributed by atoms with Crippen LogP contribution in [0.25, 0.3) is 0 Å². The van der Waals surface area contributed by atoms with Gasteiger partial charge in [-0.3, -0.25) is 9.79 Å². The minimum atomic E-state index is -0.668. The van der Waals surface area contributed by atoms with Gasteiger partial charge >= 0.3 is 0 Å². The number of fused-ring (bicyclic) bond motifs is 1. The van der Waals surface area contributed by atoms with Crippen molar-refractivity contribution in [1.82, 2.24) is 10.6 Å². The maximum Gasteiger partial charge on any atom is 0.271 e. The van der Waals surface area contributed by atoms with Crippen LogP contribution in [0.3, 0.4) is 0 Å². The van der Waals surface area contributed by atoms with Gasteiger partial charge in [-0.15, -0.1) is 0 Å². The van der Waals surface area contributed by atoms with Crippen molar-refractivity contribution >= 4 is 44.9 Å². The minimum absolute atomic E-state index is 0.181. The molecule has 1 aromatic rings. The number of benzene rings is 1. The Hall–Kier alpha value is -1.76. The quantitative estimate of drug-likeness (QED) is 0.730. The van der Waals surface area contributed by atoms with E-state index in [-0.39, 0.29) is 5.91 Å². The Kier molecular flexibility index (Phi) is 3.08. The molecule has 0 aliphatic carbocycles. The summed E-state index contributed by atoms with van der Waals surface area (Å²) >= 11 is 3.51. The van der Waals surface area contributed by atoms with Crippen LogP contribution in [0.5, 0.6) is 0 Å². The molecule has 0 unspecified atom stereocenters. The number of hydrogen-bond acceptors (Lipinski definition) is 5. The summed E-state index contributed by atoms with van der Waals surface area (Å²) in [6.45, 7) is 5.24. The maximum absolute atomic E-state index is 12.0. The van der Waals surface area contributed by atoms with Gasteiger partial charge in [-0.25, -0.2) is 5.32 Å². The molecule has 7 heteroatoms. The molecule has 1 amide bonds. The van der Waals surface area contributed by atoms with Gasteiger partial charge in [-0.05, 0) is 41.9 Å². The van der Waals surface area contributed by atoms with Gasteiger partial charge in [0.2, 0.25) is 0 Å². The van der Waals surface area contributed by atoms with Gasteiger partial charge in [-0.1, -0.05) is 0 Å². The Morgan fingerprint density at radius 2 is 2.20 bits per heavy atom. The zero-order chi connectivity index (χ0) is 14.3. The van der Waals surface area contributed by atoms with Crippen LogP contribution >= 0.6 is 15.9 Å². The van der Waals surface area contributed by atoms with Crippen molar-refractivity contribution in [3.63, 3.8) is 0 Å². The van der Waals surface area contributed by atoms with E-state index in [0.29, 0.717) is 5.69 Å². The molecule has 3 rings (SSSR count). The summed E-state index contributed by atoms with van der Waals surface area (Å²) < 4.78 is 0.753. The fourth-order valence-electron chi connectivity index (χ4n) is 2.11. The SMILES string of the molecule is CC1(C)Nc2ccc(NC3=NCCN3)c(Br)c2[N]C1=O. The van der Waals surface area contributed by atoms with Crippen LogP contribution < -0.4 is 21.3 Å². The highest BCUT2D eigenvalue weighted by Crippen LogP contribution is 2.41. The average Bonchev–Trinajstić information content (AvgIpc) is 2.88. The standard InChI is InChI=1S/C13H15BrN5O/c1-13(2)11(20)18-10-8(19-13)4-3-7(9(10)14)17-12-15-5-6-16-12/h3-4,19H,5-6H2,1-2H3,(H2,15,16,17). The molecule has 0 saturated heterocycles. The predicted octanol–water partition coefficient (Wildman–Crippen LogP) is 1.79. The van der Waals surface area contributed by atoms with Crippen molar-refractivity contribution in [3.8, 4) is 0 Å². The number of amides is 1. The molecular weight excluding hydrogens is 322 g/mol. The molecule has 0 fully saturated rings. The lowest BCUT2D eigenvalue weighted by Crippen LogP contribution is -2.47. The minimum Gasteiger partial charge on any atom is -0.370 e. The molecule has 2 heterocycles. The van der Waals surface area contributed by atoms with Crippen LogP contribution in [-0.2, 0) is 4.79 Å². The van der Waals surface area contributed by atoms with E-state index in [1.807, 2.05) is 26.0 Å². The molecule has 1 aromatic carbocycles. The van der Waals surface area contributed by atoms with E-state index < -0.39 is 5.54 Å². The van der Waals surface area contributed by atoms with E-state index in [1.165, 1.54) is 0 Å². The predicted molar refractivity (Wildman–Crippen MR) is 82.6 cm³/mol. The Labute approximate surface area is 125 Å². The highest BCUT2D eigenvalue weighted by molar-refractivity contribution is 9.10. The van der Waals surface area contributed by atoms with E-state index in [4.69, 9.17) is 0 Å². The highest BCUT2D eigenvalue weighted by Gasteiger charge is 2.35. The first-order chi connectivity index (χ1) is 9.47. The lowest BCUT2D eigenvalue weighted by Gasteiger charge is -2.32. The second-order valence-electron chi connectivity index (χ2n) is 5.27. The van der Waals surface area contributed by atoms with E-state index in [1.54, 1.807) is 0 Å². The number of carbonyl (C=O) groups excluding carboxylic acids is 1. The molecule has 0 spiro atoms. The highest BCUT2D eigenvalue weighted by atomic mass is 79.9. The zero-order valence-electron chi connectivity index (χ0n) is 11.2. The van der Waals surface area contributed by atoms with Gasteiger partial charge in [0.1, 0.15) is 11.2 Å². The van der Waals surface area contributed by atoms with E-state index >= 15 is 0 Å². The van der Waals surface area contributed by atoms with Gasteiger partial charge in [-0.2, -0.15) is 0 Å². The summed E-state index contributed by atoms with van der Waals surface area (Å²) in [5.41, 5.74) is 1.62. The number of hydrogen-bond donors (Lipinski definition) is 3. The summed E-state index contributed by atoms with van der Waals surface area (Å²) in [4.78, 5) is 16.3. The number of nitrogens with one attached hydrogen (secondary N) is 3. The fraction of sp³-hybridized carbons (Fsp3) is 0.385. The summed E-state index contributed by atoms with van der Waals surface area (Å²) in [5.74, 6) is 0.556. The first kappa shape index (κ1) is 13.2. The third-order valence-corrected chi connectivity index (χ3v) is 4.04. The Morgan fingerprint density at radius 3 is 2.90 bits per heavy atom. The largest absolute Gasteiger partial charge is 0.370 e. The molecule has 6 nitrogen and oxygen atoms in total. The summed E-state index contributed by atoms with van der Waals surface area (Å²) in [6.07, 6.45) is 0. The Bertz CT molecular complexity index is 611. The first-order valence-corrected chi connectivity index (χ1v) is 7.19. The van der Waals surface area contributed by atoms with Crippen LogP contribution in [0.15, 0.2) is 21.6 Å². The monoisotopic (exact) mass is 336 g/mol. The van der Waals surface area contributed by atoms with E-state index in [0.717, 1.165) is 34.9 Å². The summed E-state index contributed by atoms with van der Waals surface area (Å²) in [5, 5.41) is 13.7. The van der Waals surface area contributed by atoms with E-state index in [9.17, 15) is 4.79 Å². The number of aliphatic imine (C=N–C) groups is 1. The van der Waals surface area contributed by atoms with E-state index in [2.05, 4.69) is 42.2 Å². The van der Waals surface area contributed by atoms with Crippen molar-refractivity contribution in [2.24, 2.45) is 4.99 Å². The van der Waals surface area contributed by atoms with Gasteiger partial charge in [0.15, 0.2) is 5.96 Å². The van der Waals surface area contributed by atoms with Gasteiger partial charge < -0.3 is 16.0 Å². The smallest absolute Gasteiger partial charge is 0.271 e. The van der Waals surface area contributed by atoms with Crippen LogP contribution in [0.4, 0.5) is 17.1 Å². The van der Waals surface area contributed by atoms with Crippen molar-refractivity contribution < 1.29 is 4.79 Å². The fourth-order valence-corrected chi connectivity index (χ4v) is 2.65. The first-order valence-electron chi connectivity index (χ1n) is 6.39. The number of rotatable bonds is 1. The second-order valence-corrected chi connectivity index (χ2v) is 6.07. The third kappa shape index (κ3) is 2.22. The molecule has 3 N–H and O–H groups in total. The van der Waals surface area contributed by atoms with Crippen LogP contribution in [-0.4, -0.2) is 30.5 Å². The summed E-state index contributed by atoms with van der Waals surface area (Å²) in [7, 11) is 0. The van der Waals surface area contributed by atoms with Crippen LogP contribution in [0.1, 0.15) is 13.8 Å². The van der Waals surface area contributed by atoms with Crippen LogP contribution in [0, 0.1) is 0 Å². The molecule has 2 aliphatic heterocycles. The maximum atomic E-state index is 12.0. The topological polar surface area (TPSA) is 79.6 Å². The number of guanidine groups is 1. The lowest BCUT2D eigenvalue weighted by molar-refractivity contribution is -0.123. The third-order valence-electron chi connectivity index (χ3n) is 3.24. The lowest BCUT2D eigenvalue weighted by atomic mass is 10.00. The number of anilines is 2. The molecule has 0 saturated carbocycles. The van der Waals surface area contributed by atoms with Crippen molar-refractivity contribution in [1.29, 1.82) is 0 Å². The summed E-state index contributed by atoms with van der Waals surface area (Å²) in [6, 6.07) is 3.84. The molecule has 1 radical (unpaired) electrons. The number of carbonyl (C=O) groups is 1.